The molecule has 7 nitrogen and oxygen atoms in total. The molecule has 16 heavy (non-hydrogen) atoms. The number of H-pyrrole nitrogens is 1. The Labute approximate surface area is 89.5 Å². The van der Waals surface area contributed by atoms with Crippen molar-refractivity contribution in [3.8, 4) is 23.1 Å². The first-order chi connectivity index (χ1) is 7.84. The van der Waals surface area contributed by atoms with E-state index >= 15 is 0 Å². The zero-order valence-electron chi connectivity index (χ0n) is 8.34. The summed E-state index contributed by atoms with van der Waals surface area (Å²) in [6.07, 6.45) is 2.96. The maximum atomic E-state index is 5.16. The summed E-state index contributed by atoms with van der Waals surface area (Å²) in [5.74, 6) is 1.97. The Morgan fingerprint density at radius 1 is 1.38 bits per heavy atom. The highest BCUT2D eigenvalue weighted by Gasteiger charge is 2.15. The van der Waals surface area contributed by atoms with Crippen LogP contribution in [0.25, 0.3) is 23.1 Å². The van der Waals surface area contributed by atoms with Crippen LogP contribution in [0.15, 0.2) is 27.6 Å². The Hall–Kier alpha value is -2.44. The summed E-state index contributed by atoms with van der Waals surface area (Å²) in [4.78, 5) is 8.11. The molecule has 3 heterocycles. The number of aromatic nitrogens is 5. The summed E-state index contributed by atoms with van der Waals surface area (Å²) >= 11 is 0. The van der Waals surface area contributed by atoms with Gasteiger partial charge in [-0.3, -0.25) is 5.10 Å². The van der Waals surface area contributed by atoms with Crippen LogP contribution in [-0.2, 0) is 0 Å². The van der Waals surface area contributed by atoms with Gasteiger partial charge in [0.05, 0.1) is 11.8 Å². The number of rotatable bonds is 2. The molecule has 0 aromatic carbocycles. The molecule has 0 spiro atoms. The molecule has 0 fully saturated rings. The third-order valence-electron chi connectivity index (χ3n) is 2.14. The zero-order chi connectivity index (χ0) is 11.0. The topological polar surface area (TPSA) is 93.6 Å². The molecule has 0 bridgehead atoms. The molecule has 7 heteroatoms. The Morgan fingerprint density at radius 2 is 2.31 bits per heavy atom. The van der Waals surface area contributed by atoms with Crippen molar-refractivity contribution in [1.29, 1.82) is 0 Å². The molecular weight excluding hydrogens is 210 g/mol. The first-order valence-electron chi connectivity index (χ1n) is 4.58. The van der Waals surface area contributed by atoms with E-state index in [1.165, 1.54) is 6.33 Å². The third-order valence-corrected chi connectivity index (χ3v) is 2.14. The molecule has 0 saturated carbocycles. The van der Waals surface area contributed by atoms with Gasteiger partial charge in [-0.2, -0.15) is 10.1 Å². The van der Waals surface area contributed by atoms with Crippen molar-refractivity contribution in [3.63, 3.8) is 0 Å². The molecule has 80 valence electrons. The van der Waals surface area contributed by atoms with Crippen LogP contribution in [0.3, 0.4) is 0 Å². The van der Waals surface area contributed by atoms with Crippen LogP contribution in [0.2, 0.25) is 0 Å². The van der Waals surface area contributed by atoms with Crippen molar-refractivity contribution in [2.75, 3.05) is 0 Å². The van der Waals surface area contributed by atoms with Crippen LogP contribution in [0.5, 0.6) is 0 Å². The molecule has 0 saturated heterocycles. The van der Waals surface area contributed by atoms with Crippen molar-refractivity contribution < 1.29 is 8.94 Å². The number of furan rings is 1. The SMILES string of the molecule is Cc1occc1-c1nc(-c2ncn[nH]2)no1. The highest BCUT2D eigenvalue weighted by Crippen LogP contribution is 2.23. The van der Waals surface area contributed by atoms with Gasteiger partial charge in [0, 0.05) is 0 Å². The van der Waals surface area contributed by atoms with E-state index < -0.39 is 0 Å². The minimum absolute atomic E-state index is 0.369. The molecule has 0 radical (unpaired) electrons. The quantitative estimate of drug-likeness (QED) is 0.697. The second-order valence-electron chi connectivity index (χ2n) is 3.15. The molecule has 0 aliphatic carbocycles. The lowest BCUT2D eigenvalue weighted by Gasteiger charge is -1.87. The van der Waals surface area contributed by atoms with E-state index in [2.05, 4.69) is 25.3 Å². The molecule has 0 unspecified atom stereocenters. The third kappa shape index (κ3) is 1.29. The van der Waals surface area contributed by atoms with E-state index in [9.17, 15) is 0 Å². The Bertz CT molecular complexity index is 595. The van der Waals surface area contributed by atoms with Crippen LogP contribution in [-0.4, -0.2) is 25.3 Å². The molecule has 0 aliphatic rings. The monoisotopic (exact) mass is 217 g/mol. The summed E-state index contributed by atoms with van der Waals surface area (Å²) in [7, 11) is 0. The molecule has 3 aromatic rings. The van der Waals surface area contributed by atoms with E-state index in [0.29, 0.717) is 17.5 Å². The fraction of sp³-hybridized carbons (Fsp3) is 0.111. The van der Waals surface area contributed by atoms with E-state index in [1.54, 1.807) is 12.3 Å². The lowest BCUT2D eigenvalue weighted by molar-refractivity contribution is 0.430. The first-order valence-corrected chi connectivity index (χ1v) is 4.58. The van der Waals surface area contributed by atoms with Crippen molar-refractivity contribution in [2.24, 2.45) is 0 Å². The van der Waals surface area contributed by atoms with Crippen molar-refractivity contribution in [2.45, 2.75) is 6.92 Å². The zero-order valence-corrected chi connectivity index (χ0v) is 8.34. The molecular formula is C9H7N5O2. The van der Waals surface area contributed by atoms with Gasteiger partial charge in [0.25, 0.3) is 5.89 Å². The lowest BCUT2D eigenvalue weighted by atomic mass is 10.2. The average molecular weight is 217 g/mol. The van der Waals surface area contributed by atoms with Gasteiger partial charge in [-0.15, -0.1) is 0 Å². The second-order valence-corrected chi connectivity index (χ2v) is 3.15. The van der Waals surface area contributed by atoms with E-state index in [4.69, 9.17) is 8.94 Å². The Kier molecular flexibility index (Phi) is 1.82. The fourth-order valence-corrected chi connectivity index (χ4v) is 1.35. The van der Waals surface area contributed by atoms with E-state index in [1.807, 2.05) is 6.92 Å². The lowest BCUT2D eigenvalue weighted by Crippen LogP contribution is -1.83. The minimum atomic E-state index is 0.369. The number of nitrogens with one attached hydrogen (secondary N) is 1. The minimum Gasteiger partial charge on any atom is -0.469 e. The summed E-state index contributed by atoms with van der Waals surface area (Å²) < 4.78 is 10.3. The van der Waals surface area contributed by atoms with Crippen LogP contribution < -0.4 is 0 Å². The van der Waals surface area contributed by atoms with Gasteiger partial charge >= 0.3 is 0 Å². The Morgan fingerprint density at radius 3 is 3.00 bits per heavy atom. The van der Waals surface area contributed by atoms with Crippen LogP contribution in [0, 0.1) is 6.92 Å². The fourth-order valence-electron chi connectivity index (χ4n) is 1.35. The van der Waals surface area contributed by atoms with Gasteiger partial charge in [0.15, 0.2) is 5.82 Å². The van der Waals surface area contributed by atoms with Gasteiger partial charge in [-0.1, -0.05) is 5.16 Å². The number of aromatic amines is 1. The average Bonchev–Trinajstić information content (AvgIpc) is 2.96. The molecule has 0 amide bonds. The first kappa shape index (κ1) is 8.84. The molecule has 0 atom stereocenters. The summed E-state index contributed by atoms with van der Waals surface area (Å²) in [6.45, 7) is 1.83. The van der Waals surface area contributed by atoms with E-state index in [0.717, 1.165) is 11.3 Å². The molecule has 3 rings (SSSR count). The van der Waals surface area contributed by atoms with Gasteiger partial charge in [0.2, 0.25) is 5.82 Å². The highest BCUT2D eigenvalue weighted by molar-refractivity contribution is 5.57. The maximum Gasteiger partial charge on any atom is 0.261 e. The standard InChI is InChI=1S/C9H7N5O2/c1-5-6(2-3-15-5)9-12-8(14-16-9)7-10-4-11-13-7/h2-4H,1H3,(H,10,11,13). The normalized spacial score (nSPS) is 10.8. The predicted octanol–water partition coefficient (Wildman–Crippen LogP) is 1.42. The largest absolute Gasteiger partial charge is 0.469 e. The van der Waals surface area contributed by atoms with Crippen molar-refractivity contribution in [1.82, 2.24) is 25.3 Å². The molecule has 1 N–H and O–H groups in total. The number of nitrogens with zero attached hydrogens (tertiary/aromatic N) is 4. The second kappa shape index (κ2) is 3.30. The molecule has 3 aromatic heterocycles. The van der Waals surface area contributed by atoms with Crippen LogP contribution >= 0.6 is 0 Å². The van der Waals surface area contributed by atoms with Crippen molar-refractivity contribution >= 4 is 0 Å². The summed E-state index contributed by atoms with van der Waals surface area (Å²) in [6, 6.07) is 1.77. The summed E-state index contributed by atoms with van der Waals surface area (Å²) in [5, 5.41) is 10.2. The van der Waals surface area contributed by atoms with Gasteiger partial charge in [-0.25, -0.2) is 4.98 Å². The number of hydrogen-bond donors (Lipinski definition) is 1. The van der Waals surface area contributed by atoms with Crippen LogP contribution in [0.1, 0.15) is 5.76 Å². The van der Waals surface area contributed by atoms with E-state index in [-0.39, 0.29) is 0 Å². The highest BCUT2D eigenvalue weighted by atomic mass is 16.5. The number of aryl methyl sites for hydroxylation is 1. The number of hydrogen-bond acceptors (Lipinski definition) is 6. The summed E-state index contributed by atoms with van der Waals surface area (Å²) in [5.41, 5.74) is 0.776. The van der Waals surface area contributed by atoms with Crippen LogP contribution in [0.4, 0.5) is 0 Å². The maximum absolute atomic E-state index is 5.16. The van der Waals surface area contributed by atoms with Crippen molar-refractivity contribution in [3.05, 3.63) is 24.4 Å². The van der Waals surface area contributed by atoms with Gasteiger partial charge in [0.1, 0.15) is 12.1 Å². The Balaban J connectivity index is 2.03. The molecule has 0 aliphatic heterocycles. The van der Waals surface area contributed by atoms with Gasteiger partial charge in [-0.05, 0) is 13.0 Å². The van der Waals surface area contributed by atoms with Gasteiger partial charge < -0.3 is 8.94 Å². The smallest absolute Gasteiger partial charge is 0.261 e. The predicted molar refractivity (Wildman–Crippen MR) is 52.1 cm³/mol.